The standard InChI is InChI=1S/C13H22N4O2/c1-3-8-14-11-15-12(18-4-2)17-13(16-11)19-9-7-10-5-6-10/h10H,3-9H2,1-2H3,(H,14,15,16,17). The quantitative estimate of drug-likeness (QED) is 0.739. The third-order valence-electron chi connectivity index (χ3n) is 2.86. The predicted octanol–water partition coefficient (Wildman–Crippen LogP) is 2.27. The lowest BCUT2D eigenvalue weighted by Gasteiger charge is -2.09. The third-order valence-corrected chi connectivity index (χ3v) is 2.86. The molecule has 0 spiro atoms. The van der Waals surface area contributed by atoms with Gasteiger partial charge in [-0.1, -0.05) is 19.8 Å². The van der Waals surface area contributed by atoms with Crippen LogP contribution in [-0.2, 0) is 0 Å². The molecule has 0 unspecified atom stereocenters. The molecule has 1 aliphatic rings. The predicted molar refractivity (Wildman–Crippen MR) is 72.6 cm³/mol. The van der Waals surface area contributed by atoms with Gasteiger partial charge in [0, 0.05) is 6.54 Å². The van der Waals surface area contributed by atoms with E-state index in [-0.39, 0.29) is 0 Å². The smallest absolute Gasteiger partial charge is 0.324 e. The summed E-state index contributed by atoms with van der Waals surface area (Å²) in [5.74, 6) is 1.35. The zero-order valence-corrected chi connectivity index (χ0v) is 11.7. The fourth-order valence-electron chi connectivity index (χ4n) is 1.64. The first kappa shape index (κ1) is 13.8. The zero-order chi connectivity index (χ0) is 13.5. The van der Waals surface area contributed by atoms with E-state index in [0.29, 0.717) is 31.2 Å². The Hall–Kier alpha value is -1.59. The van der Waals surface area contributed by atoms with Gasteiger partial charge in [0.15, 0.2) is 0 Å². The molecule has 0 saturated heterocycles. The summed E-state index contributed by atoms with van der Waals surface area (Å²) < 4.78 is 10.9. The first-order valence-electron chi connectivity index (χ1n) is 7.07. The first-order chi connectivity index (χ1) is 9.31. The van der Waals surface area contributed by atoms with Gasteiger partial charge in [-0.15, -0.1) is 4.98 Å². The van der Waals surface area contributed by atoms with Crippen LogP contribution in [0.5, 0.6) is 12.0 Å². The molecule has 6 heteroatoms. The number of nitrogens with zero attached hydrogens (tertiary/aromatic N) is 3. The lowest BCUT2D eigenvalue weighted by atomic mass is 10.3. The molecule has 0 aliphatic heterocycles. The maximum absolute atomic E-state index is 5.58. The van der Waals surface area contributed by atoms with Gasteiger partial charge >= 0.3 is 12.0 Å². The minimum absolute atomic E-state index is 0.317. The Bertz CT molecular complexity index is 396. The summed E-state index contributed by atoms with van der Waals surface area (Å²) in [4.78, 5) is 12.6. The van der Waals surface area contributed by atoms with E-state index in [4.69, 9.17) is 9.47 Å². The first-order valence-corrected chi connectivity index (χ1v) is 7.07. The molecule has 1 N–H and O–H groups in total. The highest BCUT2D eigenvalue weighted by atomic mass is 16.5. The molecular formula is C13H22N4O2. The van der Waals surface area contributed by atoms with Gasteiger partial charge in [0.2, 0.25) is 5.95 Å². The highest BCUT2D eigenvalue weighted by Crippen LogP contribution is 2.32. The molecule has 0 atom stereocenters. The number of nitrogens with one attached hydrogen (secondary N) is 1. The van der Waals surface area contributed by atoms with Crippen molar-refractivity contribution in [1.82, 2.24) is 15.0 Å². The van der Waals surface area contributed by atoms with Gasteiger partial charge < -0.3 is 14.8 Å². The molecule has 1 fully saturated rings. The average Bonchev–Trinajstić information content (AvgIpc) is 3.21. The second kappa shape index (κ2) is 7.11. The van der Waals surface area contributed by atoms with Crippen LogP contribution in [0.4, 0.5) is 5.95 Å². The second-order valence-corrected chi connectivity index (χ2v) is 4.66. The molecule has 2 rings (SSSR count). The van der Waals surface area contributed by atoms with Crippen molar-refractivity contribution in [3.05, 3.63) is 0 Å². The van der Waals surface area contributed by atoms with Crippen molar-refractivity contribution in [2.45, 2.75) is 39.5 Å². The molecule has 1 aromatic rings. The Morgan fingerprint density at radius 3 is 2.47 bits per heavy atom. The third kappa shape index (κ3) is 4.89. The fourth-order valence-corrected chi connectivity index (χ4v) is 1.64. The molecule has 19 heavy (non-hydrogen) atoms. The number of anilines is 1. The van der Waals surface area contributed by atoms with E-state index in [1.165, 1.54) is 12.8 Å². The topological polar surface area (TPSA) is 69.2 Å². The number of ether oxygens (including phenoxy) is 2. The minimum Gasteiger partial charge on any atom is -0.464 e. The van der Waals surface area contributed by atoms with Crippen molar-refractivity contribution in [2.75, 3.05) is 25.1 Å². The van der Waals surface area contributed by atoms with E-state index in [2.05, 4.69) is 27.2 Å². The van der Waals surface area contributed by atoms with Crippen LogP contribution in [0.3, 0.4) is 0 Å². The van der Waals surface area contributed by atoms with Gasteiger partial charge in [0.05, 0.1) is 13.2 Å². The van der Waals surface area contributed by atoms with Gasteiger partial charge in [-0.05, 0) is 25.7 Å². The van der Waals surface area contributed by atoms with Crippen LogP contribution >= 0.6 is 0 Å². The van der Waals surface area contributed by atoms with Gasteiger partial charge in [-0.2, -0.15) is 9.97 Å². The molecule has 1 saturated carbocycles. The van der Waals surface area contributed by atoms with Crippen molar-refractivity contribution >= 4 is 5.95 Å². The molecule has 1 aliphatic carbocycles. The summed E-state index contributed by atoms with van der Waals surface area (Å²) in [7, 11) is 0. The SMILES string of the molecule is CCCNc1nc(OCC)nc(OCCC2CC2)n1. The van der Waals surface area contributed by atoms with Crippen molar-refractivity contribution in [1.29, 1.82) is 0 Å². The summed E-state index contributed by atoms with van der Waals surface area (Å²) in [5.41, 5.74) is 0. The molecule has 106 valence electrons. The molecule has 1 aromatic heterocycles. The minimum atomic E-state index is 0.317. The molecule has 6 nitrogen and oxygen atoms in total. The van der Waals surface area contributed by atoms with Crippen LogP contribution in [-0.4, -0.2) is 34.7 Å². The van der Waals surface area contributed by atoms with Gasteiger partial charge in [0.25, 0.3) is 0 Å². The Morgan fingerprint density at radius 1 is 1.11 bits per heavy atom. The molecule has 0 aromatic carbocycles. The summed E-state index contributed by atoms with van der Waals surface area (Å²) in [5, 5.41) is 3.12. The second-order valence-electron chi connectivity index (χ2n) is 4.66. The molecule has 0 radical (unpaired) electrons. The van der Waals surface area contributed by atoms with E-state index in [1.807, 2.05) is 6.92 Å². The summed E-state index contributed by atoms with van der Waals surface area (Å²) in [6.07, 6.45) is 4.74. The average molecular weight is 266 g/mol. The Labute approximate surface area is 114 Å². The van der Waals surface area contributed by atoms with Crippen molar-refractivity contribution < 1.29 is 9.47 Å². The van der Waals surface area contributed by atoms with E-state index in [9.17, 15) is 0 Å². The van der Waals surface area contributed by atoms with Crippen LogP contribution in [0, 0.1) is 5.92 Å². The van der Waals surface area contributed by atoms with E-state index < -0.39 is 0 Å². The van der Waals surface area contributed by atoms with Crippen LogP contribution in [0.15, 0.2) is 0 Å². The van der Waals surface area contributed by atoms with Crippen LogP contribution in [0.1, 0.15) is 39.5 Å². The number of hydrogen-bond acceptors (Lipinski definition) is 6. The largest absolute Gasteiger partial charge is 0.464 e. The molecule has 0 bridgehead atoms. The lowest BCUT2D eigenvalue weighted by molar-refractivity contribution is 0.262. The van der Waals surface area contributed by atoms with E-state index in [0.717, 1.165) is 25.3 Å². The van der Waals surface area contributed by atoms with Crippen LogP contribution in [0.25, 0.3) is 0 Å². The van der Waals surface area contributed by atoms with Crippen LogP contribution < -0.4 is 14.8 Å². The summed E-state index contributed by atoms with van der Waals surface area (Å²) in [6.45, 7) is 5.99. The molecule has 0 amide bonds. The number of hydrogen-bond donors (Lipinski definition) is 1. The normalized spacial score (nSPS) is 14.2. The number of rotatable bonds is 9. The van der Waals surface area contributed by atoms with Gasteiger partial charge in [-0.3, -0.25) is 0 Å². The maximum atomic E-state index is 5.58. The van der Waals surface area contributed by atoms with Crippen molar-refractivity contribution in [3.8, 4) is 12.0 Å². The summed E-state index contributed by atoms with van der Waals surface area (Å²) >= 11 is 0. The Balaban J connectivity index is 1.94. The zero-order valence-electron chi connectivity index (χ0n) is 11.7. The Morgan fingerprint density at radius 2 is 1.84 bits per heavy atom. The van der Waals surface area contributed by atoms with E-state index in [1.54, 1.807) is 0 Å². The van der Waals surface area contributed by atoms with Gasteiger partial charge in [0.1, 0.15) is 0 Å². The lowest BCUT2D eigenvalue weighted by Crippen LogP contribution is -2.10. The maximum Gasteiger partial charge on any atom is 0.324 e. The molecular weight excluding hydrogens is 244 g/mol. The van der Waals surface area contributed by atoms with Gasteiger partial charge in [-0.25, -0.2) is 0 Å². The van der Waals surface area contributed by atoms with Crippen LogP contribution in [0.2, 0.25) is 0 Å². The monoisotopic (exact) mass is 266 g/mol. The highest BCUT2D eigenvalue weighted by molar-refractivity contribution is 5.27. The number of aromatic nitrogens is 3. The fraction of sp³-hybridized carbons (Fsp3) is 0.769. The molecule has 1 heterocycles. The summed E-state index contributed by atoms with van der Waals surface area (Å²) in [6, 6.07) is 0.662. The van der Waals surface area contributed by atoms with Crippen molar-refractivity contribution in [2.24, 2.45) is 5.92 Å². The highest BCUT2D eigenvalue weighted by Gasteiger charge is 2.21. The van der Waals surface area contributed by atoms with E-state index >= 15 is 0 Å². The Kier molecular flexibility index (Phi) is 5.18. The van der Waals surface area contributed by atoms with Crippen molar-refractivity contribution in [3.63, 3.8) is 0 Å².